The summed E-state index contributed by atoms with van der Waals surface area (Å²) in [4.78, 5) is 22.2. The highest BCUT2D eigenvalue weighted by Crippen LogP contribution is 2.28. The van der Waals surface area contributed by atoms with Crippen molar-refractivity contribution in [2.75, 3.05) is 42.6 Å². The molecule has 0 radical (unpaired) electrons. The minimum Gasteiger partial charge on any atom is -0.384 e. The van der Waals surface area contributed by atoms with E-state index >= 15 is 0 Å². The Hall–Kier alpha value is -2.06. The monoisotopic (exact) mass is 426 g/mol. The van der Waals surface area contributed by atoms with Crippen molar-refractivity contribution in [1.82, 2.24) is 15.3 Å². The summed E-state index contributed by atoms with van der Waals surface area (Å²) in [7, 11) is 1.95. The summed E-state index contributed by atoms with van der Waals surface area (Å²) in [6.07, 6.45) is 1.45. The van der Waals surface area contributed by atoms with E-state index in [0.717, 1.165) is 17.9 Å². The lowest BCUT2D eigenvalue weighted by Crippen LogP contribution is -2.34. The van der Waals surface area contributed by atoms with Gasteiger partial charge in [-0.3, -0.25) is 4.79 Å². The van der Waals surface area contributed by atoms with Gasteiger partial charge in [0.15, 0.2) is 11.5 Å². The van der Waals surface area contributed by atoms with E-state index < -0.39 is 0 Å². The summed E-state index contributed by atoms with van der Waals surface area (Å²) in [6.45, 7) is 3.84. The maximum Gasteiger partial charge on any atom is 0.273 e. The minimum atomic E-state index is -0.359. The summed E-state index contributed by atoms with van der Waals surface area (Å²) in [5.74, 6) is -0.260. The molecule has 9 heteroatoms. The summed E-state index contributed by atoms with van der Waals surface area (Å²) < 4.78 is 0.459. The number of anilines is 3. The Morgan fingerprint density at radius 1 is 1.44 bits per heavy atom. The summed E-state index contributed by atoms with van der Waals surface area (Å²) in [5, 5.41) is 6.75. The number of carbonyl (C=O) groups excluding carboxylic acids is 1. The number of rotatable bonds is 7. The maximum atomic E-state index is 12.2. The van der Waals surface area contributed by atoms with Gasteiger partial charge in [0.25, 0.3) is 5.91 Å². The lowest BCUT2D eigenvalue weighted by molar-refractivity contribution is 0.0950. The number of likely N-dealkylation sites (N-methyl/N-ethyl adjacent to an activating group) is 1. The highest BCUT2D eigenvalue weighted by atomic mass is 79.9. The molecule has 134 valence electrons. The molecule has 0 unspecified atom stereocenters. The van der Waals surface area contributed by atoms with Crippen molar-refractivity contribution >= 4 is 50.6 Å². The quantitative estimate of drug-likeness (QED) is 0.629. The summed E-state index contributed by atoms with van der Waals surface area (Å²) >= 11 is 9.23. The molecule has 4 N–H and O–H groups in total. The molecular weight excluding hydrogens is 408 g/mol. The number of nitrogen functional groups attached to an aromatic ring is 1. The van der Waals surface area contributed by atoms with Gasteiger partial charge < -0.3 is 21.3 Å². The van der Waals surface area contributed by atoms with Crippen LogP contribution in [-0.4, -0.2) is 42.6 Å². The highest BCUT2D eigenvalue weighted by Gasteiger charge is 2.14. The molecule has 1 aromatic carbocycles. The minimum absolute atomic E-state index is 0.0983. The van der Waals surface area contributed by atoms with Crippen LogP contribution in [0.2, 0.25) is 5.02 Å². The summed E-state index contributed by atoms with van der Waals surface area (Å²) in [5.41, 5.74) is 7.75. The molecule has 0 bridgehead atoms. The zero-order valence-corrected chi connectivity index (χ0v) is 16.4. The van der Waals surface area contributed by atoms with Crippen LogP contribution >= 0.6 is 27.5 Å². The molecule has 2 rings (SSSR count). The first-order valence-electron chi connectivity index (χ1n) is 7.73. The fourth-order valence-electron chi connectivity index (χ4n) is 2.26. The molecule has 0 saturated carbocycles. The molecule has 0 aliphatic heterocycles. The van der Waals surface area contributed by atoms with Gasteiger partial charge in [-0.2, -0.15) is 0 Å². The number of nitrogens with two attached hydrogens (primary N) is 1. The van der Waals surface area contributed by atoms with Gasteiger partial charge in [0, 0.05) is 31.7 Å². The average molecular weight is 428 g/mol. The predicted molar refractivity (Wildman–Crippen MR) is 105 cm³/mol. The third-order valence-electron chi connectivity index (χ3n) is 3.46. The lowest BCUT2D eigenvalue weighted by Gasteiger charge is -2.23. The molecule has 0 aliphatic rings. The van der Waals surface area contributed by atoms with Crippen LogP contribution in [0.15, 0.2) is 29.0 Å². The second kappa shape index (κ2) is 8.87. The molecule has 0 spiro atoms. The number of nitrogens with one attached hydrogen (secondary N) is 2. The maximum absolute atomic E-state index is 12.2. The number of aromatic nitrogens is 2. The summed E-state index contributed by atoms with van der Waals surface area (Å²) in [6, 6.07) is 5.66. The van der Waals surface area contributed by atoms with Gasteiger partial charge in [-0.25, -0.2) is 9.97 Å². The Kier molecular flexibility index (Phi) is 6.83. The van der Waals surface area contributed by atoms with Gasteiger partial charge in [0.05, 0.1) is 17.6 Å². The van der Waals surface area contributed by atoms with E-state index in [9.17, 15) is 4.79 Å². The van der Waals surface area contributed by atoms with Crippen LogP contribution in [0.1, 0.15) is 17.4 Å². The number of halogens is 2. The zero-order chi connectivity index (χ0) is 18.4. The number of amides is 1. The molecule has 1 amide bonds. The number of carbonyl (C=O) groups is 1. The topological polar surface area (TPSA) is 96.2 Å². The smallest absolute Gasteiger partial charge is 0.273 e. The molecule has 0 atom stereocenters. The molecule has 2 aromatic rings. The van der Waals surface area contributed by atoms with Crippen molar-refractivity contribution in [2.24, 2.45) is 0 Å². The number of nitrogens with zero attached hydrogens (tertiary/aromatic N) is 3. The molecule has 0 aliphatic carbocycles. The van der Waals surface area contributed by atoms with Gasteiger partial charge in [0.2, 0.25) is 0 Å². The number of hydrogen-bond acceptors (Lipinski definition) is 6. The van der Waals surface area contributed by atoms with Crippen molar-refractivity contribution in [2.45, 2.75) is 6.92 Å². The molecule has 1 heterocycles. The molecule has 1 aromatic heterocycles. The number of benzene rings is 1. The molecule has 0 saturated heterocycles. The van der Waals surface area contributed by atoms with Crippen LogP contribution in [0.25, 0.3) is 0 Å². The van der Waals surface area contributed by atoms with Crippen molar-refractivity contribution in [3.05, 3.63) is 39.7 Å². The van der Waals surface area contributed by atoms with Gasteiger partial charge in [-0.1, -0.05) is 11.6 Å². The Balaban J connectivity index is 1.97. The van der Waals surface area contributed by atoms with E-state index in [0.29, 0.717) is 22.7 Å². The molecule has 25 heavy (non-hydrogen) atoms. The van der Waals surface area contributed by atoms with Crippen molar-refractivity contribution in [3.8, 4) is 0 Å². The first kappa shape index (κ1) is 19.3. The van der Waals surface area contributed by atoms with E-state index in [1.807, 2.05) is 37.1 Å². The van der Waals surface area contributed by atoms with E-state index in [1.54, 1.807) is 0 Å². The largest absolute Gasteiger partial charge is 0.384 e. The van der Waals surface area contributed by atoms with Crippen LogP contribution in [0.3, 0.4) is 0 Å². The fourth-order valence-corrected chi connectivity index (χ4v) is 2.71. The predicted octanol–water partition coefficient (Wildman–Crippen LogP) is 2.77. The first-order chi connectivity index (χ1) is 11.9. The lowest BCUT2D eigenvalue weighted by atomic mass is 10.2. The van der Waals surface area contributed by atoms with Gasteiger partial charge in [-0.05, 0) is 41.1 Å². The zero-order valence-electron chi connectivity index (χ0n) is 14.0. The molecule has 0 fully saturated rings. The Morgan fingerprint density at radius 3 is 2.92 bits per heavy atom. The van der Waals surface area contributed by atoms with Crippen molar-refractivity contribution in [3.63, 3.8) is 0 Å². The Labute approximate surface area is 160 Å². The van der Waals surface area contributed by atoms with E-state index in [4.69, 9.17) is 17.3 Å². The third-order valence-corrected chi connectivity index (χ3v) is 4.07. The van der Waals surface area contributed by atoms with Crippen molar-refractivity contribution in [1.29, 1.82) is 0 Å². The standard InChI is InChI=1S/C16H20BrClN6O/c1-3-20-11-8-10(18)4-5-12(11)24(2)7-6-21-16(25)14-15(19)22-9-13(17)23-14/h4-5,8-9,20H,3,6-7H2,1-2H3,(H2,19,22)(H,21,25). The van der Waals surface area contributed by atoms with Crippen LogP contribution in [-0.2, 0) is 0 Å². The van der Waals surface area contributed by atoms with E-state index in [1.165, 1.54) is 6.20 Å². The van der Waals surface area contributed by atoms with Crippen LogP contribution in [0, 0.1) is 0 Å². The highest BCUT2D eigenvalue weighted by molar-refractivity contribution is 9.10. The first-order valence-corrected chi connectivity index (χ1v) is 8.90. The third kappa shape index (κ3) is 5.20. The normalized spacial score (nSPS) is 10.4. The second-order valence-corrected chi connectivity index (χ2v) is 6.54. The Morgan fingerprint density at radius 2 is 2.20 bits per heavy atom. The van der Waals surface area contributed by atoms with Crippen LogP contribution in [0.5, 0.6) is 0 Å². The van der Waals surface area contributed by atoms with E-state index in [2.05, 4.69) is 36.5 Å². The SMILES string of the molecule is CCNc1cc(Cl)ccc1N(C)CCNC(=O)c1nc(Br)cnc1N. The van der Waals surface area contributed by atoms with Gasteiger partial charge in [0.1, 0.15) is 4.60 Å². The van der Waals surface area contributed by atoms with Gasteiger partial charge in [-0.15, -0.1) is 0 Å². The van der Waals surface area contributed by atoms with Crippen LogP contribution in [0.4, 0.5) is 17.2 Å². The molecular formula is C16H20BrClN6O. The Bertz CT molecular complexity index is 757. The fraction of sp³-hybridized carbons (Fsp3) is 0.312. The van der Waals surface area contributed by atoms with E-state index in [-0.39, 0.29) is 17.4 Å². The van der Waals surface area contributed by atoms with Gasteiger partial charge >= 0.3 is 0 Å². The average Bonchev–Trinajstić information content (AvgIpc) is 2.57. The van der Waals surface area contributed by atoms with Crippen molar-refractivity contribution < 1.29 is 4.79 Å². The molecule has 7 nitrogen and oxygen atoms in total. The van der Waals surface area contributed by atoms with Crippen LogP contribution < -0.4 is 21.3 Å². The second-order valence-electron chi connectivity index (χ2n) is 5.30. The number of hydrogen-bond donors (Lipinski definition) is 3.